The number of benzene rings is 2. The molecule has 0 saturated heterocycles. The molecule has 1 N–H and O–H groups in total. The van der Waals surface area contributed by atoms with Gasteiger partial charge in [-0.15, -0.1) is 0 Å². The lowest BCUT2D eigenvalue weighted by molar-refractivity contribution is -0.137. The molecule has 1 fully saturated rings. The number of ether oxygens (including phenoxy) is 1. The zero-order valence-electron chi connectivity index (χ0n) is 20.7. The molecule has 1 aliphatic rings. The number of hydrogen-bond acceptors (Lipinski definition) is 3. The van der Waals surface area contributed by atoms with E-state index in [0.717, 1.165) is 47.4 Å². The van der Waals surface area contributed by atoms with Crippen LogP contribution >= 0.6 is 0 Å². The third-order valence-electron chi connectivity index (χ3n) is 6.32. The lowest BCUT2D eigenvalue weighted by Crippen LogP contribution is -2.11. The van der Waals surface area contributed by atoms with Crippen LogP contribution < -0.4 is 4.74 Å². The van der Waals surface area contributed by atoms with Crippen molar-refractivity contribution in [1.82, 2.24) is 4.98 Å². The van der Waals surface area contributed by atoms with Gasteiger partial charge in [-0.2, -0.15) is 0 Å². The number of hydrogen-bond donors (Lipinski definition) is 1. The van der Waals surface area contributed by atoms with Crippen molar-refractivity contribution in [2.24, 2.45) is 11.3 Å². The summed E-state index contributed by atoms with van der Waals surface area (Å²) in [5, 5.41) is 9.34. The first kappa shape index (κ1) is 24.0. The van der Waals surface area contributed by atoms with Gasteiger partial charge < -0.3 is 9.84 Å². The lowest BCUT2D eigenvalue weighted by Gasteiger charge is -2.21. The second-order valence-electron chi connectivity index (χ2n) is 10.9. The van der Waals surface area contributed by atoms with E-state index in [9.17, 15) is 9.90 Å². The van der Waals surface area contributed by atoms with Crippen LogP contribution in [0.2, 0.25) is 0 Å². The molecular weight excluding hydrogens is 422 g/mol. The number of aryl methyl sites for hydroxylation is 1. The Morgan fingerprint density at radius 1 is 1.12 bits per heavy atom. The van der Waals surface area contributed by atoms with E-state index in [-0.39, 0.29) is 17.8 Å². The van der Waals surface area contributed by atoms with Crippen LogP contribution in [0.3, 0.4) is 0 Å². The van der Waals surface area contributed by atoms with Gasteiger partial charge in [0.25, 0.3) is 0 Å². The molecule has 1 unspecified atom stereocenters. The number of carboxylic acid groups (broad SMARTS) is 1. The Bertz CT molecular complexity index is 1160. The first-order chi connectivity index (χ1) is 16.2. The van der Waals surface area contributed by atoms with Gasteiger partial charge in [0.05, 0.1) is 18.3 Å². The van der Waals surface area contributed by atoms with Crippen LogP contribution in [0, 0.1) is 18.3 Å². The van der Waals surface area contributed by atoms with E-state index in [2.05, 4.69) is 70.2 Å². The SMILES string of the molecule is Cc1cccc(-c2ncc(OCc3cccc(C(CC(=O)O)C4CC4)c3)cc2CC(C)(C)C)c1. The van der Waals surface area contributed by atoms with Gasteiger partial charge in [-0.25, -0.2) is 0 Å². The Labute approximate surface area is 203 Å². The lowest BCUT2D eigenvalue weighted by atomic mass is 9.86. The fourth-order valence-electron chi connectivity index (χ4n) is 4.65. The molecule has 4 heteroatoms. The molecule has 1 aliphatic carbocycles. The van der Waals surface area contributed by atoms with Gasteiger partial charge in [0.15, 0.2) is 0 Å². The Kier molecular flexibility index (Phi) is 7.06. The number of aromatic nitrogens is 1. The molecule has 1 heterocycles. The average Bonchev–Trinajstić information content (AvgIpc) is 3.60. The molecule has 0 radical (unpaired) electrons. The molecule has 3 aromatic rings. The standard InChI is InChI=1S/C30H35NO3/c1-20-7-5-10-24(13-20)29-25(17-30(2,3)4)15-26(18-31-29)34-19-21-8-6-9-23(14-21)27(16-28(32)33)22-11-12-22/h5-10,13-15,18,22,27H,11-12,16-17,19H2,1-4H3,(H,32,33). The molecule has 1 aromatic heterocycles. The van der Waals surface area contributed by atoms with Crippen LogP contribution in [0.25, 0.3) is 11.3 Å². The maximum absolute atomic E-state index is 11.4. The van der Waals surface area contributed by atoms with Crippen LogP contribution in [-0.2, 0) is 17.8 Å². The van der Waals surface area contributed by atoms with E-state index >= 15 is 0 Å². The number of rotatable bonds is 9. The zero-order chi connectivity index (χ0) is 24.3. The summed E-state index contributed by atoms with van der Waals surface area (Å²) < 4.78 is 6.17. The van der Waals surface area contributed by atoms with Gasteiger partial charge in [0.1, 0.15) is 12.4 Å². The van der Waals surface area contributed by atoms with E-state index in [1.54, 1.807) is 0 Å². The summed E-state index contributed by atoms with van der Waals surface area (Å²) in [6.07, 6.45) is 5.14. The number of carboxylic acids is 1. The second kappa shape index (κ2) is 10.0. The molecule has 2 aromatic carbocycles. The second-order valence-corrected chi connectivity index (χ2v) is 10.9. The monoisotopic (exact) mass is 457 g/mol. The number of carbonyl (C=O) groups is 1. The summed E-state index contributed by atoms with van der Waals surface area (Å²) in [6.45, 7) is 9.24. The van der Waals surface area contributed by atoms with Crippen molar-refractivity contribution in [1.29, 1.82) is 0 Å². The Morgan fingerprint density at radius 2 is 1.88 bits per heavy atom. The van der Waals surface area contributed by atoms with Crippen LogP contribution in [0.4, 0.5) is 0 Å². The van der Waals surface area contributed by atoms with Crippen LogP contribution in [0.15, 0.2) is 60.8 Å². The molecule has 4 nitrogen and oxygen atoms in total. The van der Waals surface area contributed by atoms with E-state index in [1.807, 2.05) is 18.3 Å². The van der Waals surface area contributed by atoms with Crippen molar-refractivity contribution >= 4 is 5.97 Å². The molecule has 0 spiro atoms. The largest absolute Gasteiger partial charge is 0.487 e. The smallest absolute Gasteiger partial charge is 0.303 e. The summed E-state index contributed by atoms with van der Waals surface area (Å²) in [4.78, 5) is 16.2. The Balaban J connectivity index is 1.54. The predicted molar refractivity (Wildman–Crippen MR) is 136 cm³/mol. The Hall–Kier alpha value is -3.14. The summed E-state index contributed by atoms with van der Waals surface area (Å²) in [5.41, 5.74) is 6.81. The maximum atomic E-state index is 11.4. The highest BCUT2D eigenvalue weighted by atomic mass is 16.5. The molecule has 0 bridgehead atoms. The molecule has 1 atom stereocenters. The molecule has 178 valence electrons. The number of aliphatic carboxylic acids is 1. The average molecular weight is 458 g/mol. The topological polar surface area (TPSA) is 59.4 Å². The molecule has 1 saturated carbocycles. The predicted octanol–water partition coefficient (Wildman–Crippen LogP) is 7.19. The van der Waals surface area contributed by atoms with E-state index in [1.165, 1.54) is 11.1 Å². The molecular formula is C30H35NO3. The van der Waals surface area contributed by atoms with Crippen molar-refractivity contribution in [3.05, 3.63) is 83.0 Å². The highest BCUT2D eigenvalue weighted by Crippen LogP contribution is 2.44. The summed E-state index contributed by atoms with van der Waals surface area (Å²) in [5.74, 6) is 0.603. The molecule has 0 amide bonds. The van der Waals surface area contributed by atoms with Gasteiger partial charge in [0.2, 0.25) is 0 Å². The molecule has 4 rings (SSSR count). The van der Waals surface area contributed by atoms with Crippen molar-refractivity contribution in [3.8, 4) is 17.0 Å². The molecule has 34 heavy (non-hydrogen) atoms. The third kappa shape index (κ3) is 6.47. The summed E-state index contributed by atoms with van der Waals surface area (Å²) >= 11 is 0. The van der Waals surface area contributed by atoms with E-state index in [0.29, 0.717) is 12.5 Å². The summed E-state index contributed by atoms with van der Waals surface area (Å²) in [7, 11) is 0. The van der Waals surface area contributed by atoms with E-state index < -0.39 is 5.97 Å². The minimum Gasteiger partial charge on any atom is -0.487 e. The van der Waals surface area contributed by atoms with Crippen LogP contribution in [0.5, 0.6) is 5.75 Å². The van der Waals surface area contributed by atoms with Crippen molar-refractivity contribution < 1.29 is 14.6 Å². The van der Waals surface area contributed by atoms with Crippen molar-refractivity contribution in [3.63, 3.8) is 0 Å². The quantitative estimate of drug-likeness (QED) is 0.369. The van der Waals surface area contributed by atoms with Crippen LogP contribution in [-0.4, -0.2) is 16.1 Å². The molecule has 0 aliphatic heterocycles. The third-order valence-corrected chi connectivity index (χ3v) is 6.32. The zero-order valence-corrected chi connectivity index (χ0v) is 20.7. The Morgan fingerprint density at radius 3 is 2.56 bits per heavy atom. The number of nitrogens with zero attached hydrogens (tertiary/aromatic N) is 1. The minimum atomic E-state index is -0.732. The first-order valence-corrected chi connectivity index (χ1v) is 12.2. The van der Waals surface area contributed by atoms with Gasteiger partial charge in [-0.05, 0) is 72.3 Å². The minimum absolute atomic E-state index is 0.0890. The highest BCUT2D eigenvalue weighted by molar-refractivity contribution is 5.68. The normalized spacial score (nSPS) is 14.6. The first-order valence-electron chi connectivity index (χ1n) is 12.2. The fraction of sp³-hybridized carbons (Fsp3) is 0.400. The van der Waals surface area contributed by atoms with Gasteiger partial charge >= 0.3 is 5.97 Å². The summed E-state index contributed by atoms with van der Waals surface area (Å²) in [6, 6.07) is 18.8. The van der Waals surface area contributed by atoms with Gasteiger partial charge in [-0.3, -0.25) is 9.78 Å². The van der Waals surface area contributed by atoms with Crippen LogP contribution in [0.1, 0.15) is 68.2 Å². The van der Waals surface area contributed by atoms with E-state index in [4.69, 9.17) is 9.72 Å². The van der Waals surface area contributed by atoms with Crippen molar-refractivity contribution in [2.75, 3.05) is 0 Å². The van der Waals surface area contributed by atoms with Gasteiger partial charge in [-0.1, -0.05) is 68.8 Å². The van der Waals surface area contributed by atoms with Crippen molar-refractivity contribution in [2.45, 2.75) is 65.9 Å². The van der Waals surface area contributed by atoms with Gasteiger partial charge in [0, 0.05) is 5.56 Å². The highest BCUT2D eigenvalue weighted by Gasteiger charge is 2.33. The number of pyridine rings is 1. The fourth-order valence-corrected chi connectivity index (χ4v) is 4.65. The maximum Gasteiger partial charge on any atom is 0.303 e.